The molecule has 0 aliphatic carbocycles. The van der Waals surface area contributed by atoms with Crippen molar-refractivity contribution in [2.45, 2.75) is 12.5 Å². The first-order valence-electron chi connectivity index (χ1n) is 12.5. The van der Waals surface area contributed by atoms with Crippen LogP contribution in [0.15, 0.2) is 103 Å². The average Bonchev–Trinajstić information content (AvgIpc) is 2.91. The van der Waals surface area contributed by atoms with Gasteiger partial charge >= 0.3 is 0 Å². The summed E-state index contributed by atoms with van der Waals surface area (Å²) in [6.07, 6.45) is 0.967. The number of rotatable bonds is 9. The van der Waals surface area contributed by atoms with Crippen LogP contribution >= 0.6 is 0 Å². The molecule has 1 aliphatic rings. The number of ether oxygens (including phenoxy) is 1. The van der Waals surface area contributed by atoms with Crippen molar-refractivity contribution in [2.75, 3.05) is 45.9 Å². The second-order valence-electron chi connectivity index (χ2n) is 9.15. The van der Waals surface area contributed by atoms with Gasteiger partial charge in [-0.15, -0.1) is 0 Å². The molecule has 0 bridgehead atoms. The molecule has 1 saturated heterocycles. The van der Waals surface area contributed by atoms with Crippen molar-refractivity contribution in [3.8, 4) is 0 Å². The van der Waals surface area contributed by atoms with Crippen molar-refractivity contribution in [1.29, 1.82) is 0 Å². The van der Waals surface area contributed by atoms with E-state index in [9.17, 15) is 0 Å². The van der Waals surface area contributed by atoms with Crippen LogP contribution in [0.4, 0.5) is 0 Å². The third-order valence-electron chi connectivity index (χ3n) is 6.90. The second kappa shape index (κ2) is 11.4. The van der Waals surface area contributed by atoms with Crippen molar-refractivity contribution in [3.05, 3.63) is 120 Å². The van der Waals surface area contributed by atoms with Gasteiger partial charge in [0.25, 0.3) is 0 Å². The van der Waals surface area contributed by atoms with Gasteiger partial charge in [0.2, 0.25) is 0 Å². The SMILES string of the molecule is c1ccc(C(c2ccccc2)N2CCN(CCOCCc3ccc4ccccc4c3)CC2)cc1. The number of hydrogen-bond acceptors (Lipinski definition) is 3. The Morgan fingerprint density at radius 2 is 1.24 bits per heavy atom. The Morgan fingerprint density at radius 3 is 1.91 bits per heavy atom. The minimum atomic E-state index is 0.322. The van der Waals surface area contributed by atoms with E-state index >= 15 is 0 Å². The van der Waals surface area contributed by atoms with E-state index in [2.05, 4.69) is 113 Å². The first-order valence-corrected chi connectivity index (χ1v) is 12.5. The molecule has 0 spiro atoms. The van der Waals surface area contributed by atoms with E-state index in [0.29, 0.717) is 6.04 Å². The molecule has 0 unspecified atom stereocenters. The van der Waals surface area contributed by atoms with E-state index < -0.39 is 0 Å². The molecular formula is C31H34N2O. The van der Waals surface area contributed by atoms with Crippen LogP contribution in [-0.4, -0.2) is 55.7 Å². The fourth-order valence-corrected chi connectivity index (χ4v) is 5.01. The summed E-state index contributed by atoms with van der Waals surface area (Å²) < 4.78 is 6.01. The van der Waals surface area contributed by atoms with Crippen LogP contribution < -0.4 is 0 Å². The summed E-state index contributed by atoms with van der Waals surface area (Å²) >= 11 is 0. The molecule has 0 amide bonds. The molecule has 174 valence electrons. The highest BCUT2D eigenvalue weighted by atomic mass is 16.5. The van der Waals surface area contributed by atoms with Gasteiger partial charge < -0.3 is 4.74 Å². The maximum Gasteiger partial charge on any atom is 0.0602 e. The molecule has 34 heavy (non-hydrogen) atoms. The van der Waals surface area contributed by atoms with Crippen LogP contribution in [0.5, 0.6) is 0 Å². The van der Waals surface area contributed by atoms with Gasteiger partial charge in [0.15, 0.2) is 0 Å². The Hall–Kier alpha value is -2.98. The smallest absolute Gasteiger partial charge is 0.0602 e. The fraction of sp³-hybridized carbons (Fsp3) is 0.290. The summed E-state index contributed by atoms with van der Waals surface area (Å²) in [6.45, 7) is 6.91. The van der Waals surface area contributed by atoms with Crippen LogP contribution in [0, 0.1) is 0 Å². The summed E-state index contributed by atoms with van der Waals surface area (Å²) in [6, 6.07) is 37.4. The first kappa shape index (κ1) is 22.8. The molecular weight excluding hydrogens is 416 g/mol. The van der Waals surface area contributed by atoms with Gasteiger partial charge in [-0.1, -0.05) is 103 Å². The molecule has 3 nitrogen and oxygen atoms in total. The monoisotopic (exact) mass is 450 g/mol. The summed E-state index contributed by atoms with van der Waals surface area (Å²) in [5, 5.41) is 2.61. The zero-order chi connectivity index (χ0) is 23.0. The van der Waals surface area contributed by atoms with Gasteiger partial charge in [0.05, 0.1) is 19.3 Å². The lowest BCUT2D eigenvalue weighted by Gasteiger charge is -2.39. The van der Waals surface area contributed by atoms with E-state index in [1.54, 1.807) is 0 Å². The Kier molecular flexibility index (Phi) is 7.67. The van der Waals surface area contributed by atoms with Crippen molar-refractivity contribution in [3.63, 3.8) is 0 Å². The van der Waals surface area contributed by atoms with E-state index in [0.717, 1.165) is 52.4 Å². The molecule has 0 radical (unpaired) electrons. The van der Waals surface area contributed by atoms with Gasteiger partial charge in [0.1, 0.15) is 0 Å². The van der Waals surface area contributed by atoms with E-state index in [4.69, 9.17) is 4.74 Å². The van der Waals surface area contributed by atoms with E-state index in [1.807, 2.05) is 0 Å². The topological polar surface area (TPSA) is 15.7 Å². The van der Waals surface area contributed by atoms with E-state index in [-0.39, 0.29) is 0 Å². The van der Waals surface area contributed by atoms with Crippen molar-refractivity contribution in [1.82, 2.24) is 9.80 Å². The molecule has 0 N–H and O–H groups in total. The Balaban J connectivity index is 1.08. The quantitative estimate of drug-likeness (QED) is 0.300. The highest BCUT2D eigenvalue weighted by Crippen LogP contribution is 2.29. The van der Waals surface area contributed by atoms with Crippen LogP contribution in [0.2, 0.25) is 0 Å². The van der Waals surface area contributed by atoms with Crippen LogP contribution in [0.25, 0.3) is 10.8 Å². The van der Waals surface area contributed by atoms with Gasteiger partial charge in [-0.05, 0) is 33.9 Å². The van der Waals surface area contributed by atoms with Gasteiger partial charge in [0, 0.05) is 32.7 Å². The van der Waals surface area contributed by atoms with Gasteiger partial charge in [-0.25, -0.2) is 0 Å². The predicted molar refractivity (Wildman–Crippen MR) is 141 cm³/mol. The molecule has 1 aliphatic heterocycles. The third-order valence-corrected chi connectivity index (χ3v) is 6.90. The highest BCUT2D eigenvalue weighted by molar-refractivity contribution is 5.82. The molecule has 4 aromatic rings. The highest BCUT2D eigenvalue weighted by Gasteiger charge is 2.26. The number of fused-ring (bicyclic) bond motifs is 1. The van der Waals surface area contributed by atoms with Gasteiger partial charge in [-0.2, -0.15) is 0 Å². The van der Waals surface area contributed by atoms with Crippen LogP contribution in [-0.2, 0) is 11.2 Å². The Morgan fingerprint density at radius 1 is 0.618 bits per heavy atom. The maximum atomic E-state index is 6.01. The average molecular weight is 451 g/mol. The molecule has 1 heterocycles. The maximum absolute atomic E-state index is 6.01. The van der Waals surface area contributed by atoms with Crippen molar-refractivity contribution >= 4 is 10.8 Å². The Labute approximate surface area is 203 Å². The summed E-state index contributed by atoms with van der Waals surface area (Å²) in [7, 11) is 0. The molecule has 0 aromatic heterocycles. The zero-order valence-electron chi connectivity index (χ0n) is 19.9. The summed E-state index contributed by atoms with van der Waals surface area (Å²) in [4.78, 5) is 5.17. The number of nitrogens with zero attached hydrogens (tertiary/aromatic N) is 2. The van der Waals surface area contributed by atoms with Crippen LogP contribution in [0.1, 0.15) is 22.7 Å². The van der Waals surface area contributed by atoms with E-state index in [1.165, 1.54) is 27.5 Å². The minimum Gasteiger partial charge on any atom is -0.380 e. The molecule has 5 rings (SSSR count). The molecule has 0 saturated carbocycles. The standard InChI is InChI=1S/C31H34N2O/c1-3-10-28(11-4-1)31(29-12-5-2-6-13-29)33-20-18-32(19-21-33)22-24-34-23-17-26-15-16-27-9-7-8-14-30(27)25-26/h1-16,25,31H,17-24H2. The van der Waals surface area contributed by atoms with Crippen molar-refractivity contribution in [2.24, 2.45) is 0 Å². The number of piperazine rings is 1. The first-order chi connectivity index (χ1) is 16.9. The normalized spacial score (nSPS) is 15.2. The number of benzene rings is 4. The summed E-state index contributed by atoms with van der Waals surface area (Å²) in [5.41, 5.74) is 4.10. The molecule has 4 aromatic carbocycles. The molecule has 1 fully saturated rings. The van der Waals surface area contributed by atoms with Gasteiger partial charge in [-0.3, -0.25) is 9.80 Å². The Bertz CT molecular complexity index is 1110. The molecule has 3 heteroatoms. The lowest BCUT2D eigenvalue weighted by Crippen LogP contribution is -2.48. The predicted octanol–water partition coefficient (Wildman–Crippen LogP) is 5.81. The fourth-order valence-electron chi connectivity index (χ4n) is 5.01. The van der Waals surface area contributed by atoms with Crippen molar-refractivity contribution < 1.29 is 4.74 Å². The third kappa shape index (κ3) is 5.74. The summed E-state index contributed by atoms with van der Waals surface area (Å²) in [5.74, 6) is 0. The van der Waals surface area contributed by atoms with Crippen LogP contribution in [0.3, 0.4) is 0 Å². The lowest BCUT2D eigenvalue weighted by atomic mass is 9.96. The minimum absolute atomic E-state index is 0.322. The molecule has 0 atom stereocenters. The lowest BCUT2D eigenvalue weighted by molar-refractivity contribution is 0.0677. The largest absolute Gasteiger partial charge is 0.380 e. The zero-order valence-corrected chi connectivity index (χ0v) is 19.9. The number of hydrogen-bond donors (Lipinski definition) is 0. The second-order valence-corrected chi connectivity index (χ2v) is 9.15.